The van der Waals surface area contributed by atoms with Gasteiger partial charge >= 0.3 is 11.9 Å². The van der Waals surface area contributed by atoms with E-state index < -0.39 is 21.9 Å². The largest absolute Gasteiger partial charge is 0.459 e. The number of amides is 1. The summed E-state index contributed by atoms with van der Waals surface area (Å²) in [5.74, 6) is -2.20. The van der Waals surface area contributed by atoms with E-state index in [9.17, 15) is 18.0 Å². The molecule has 0 aromatic carbocycles. The second-order valence-electron chi connectivity index (χ2n) is 3.07. The van der Waals surface area contributed by atoms with Crippen molar-refractivity contribution in [1.82, 2.24) is 9.62 Å². The van der Waals surface area contributed by atoms with Gasteiger partial charge in [-0.25, -0.2) is 17.5 Å². The summed E-state index contributed by atoms with van der Waals surface area (Å²) in [6.07, 6.45) is 0. The van der Waals surface area contributed by atoms with Crippen LogP contribution in [0, 0.1) is 0 Å². The molecule has 0 radical (unpaired) electrons. The first kappa shape index (κ1) is 14.8. The van der Waals surface area contributed by atoms with Gasteiger partial charge < -0.3 is 10.1 Å². The number of nitrogens with zero attached hydrogens (tertiary/aromatic N) is 1. The molecule has 0 aromatic heterocycles. The van der Waals surface area contributed by atoms with Gasteiger partial charge in [-0.05, 0) is 6.92 Å². The number of hydrogen-bond acceptors (Lipinski definition) is 5. The summed E-state index contributed by atoms with van der Waals surface area (Å²) in [7, 11) is -0.583. The van der Waals surface area contributed by atoms with E-state index in [0.717, 1.165) is 4.31 Å². The van der Waals surface area contributed by atoms with Crippen LogP contribution in [0.2, 0.25) is 0 Å². The average molecular weight is 252 g/mol. The maximum absolute atomic E-state index is 11.3. The molecule has 0 rings (SSSR count). The van der Waals surface area contributed by atoms with E-state index in [4.69, 9.17) is 0 Å². The Morgan fingerprint density at radius 3 is 2.31 bits per heavy atom. The molecular formula is C8H16N2O5S. The van der Waals surface area contributed by atoms with Gasteiger partial charge in [0.2, 0.25) is 10.0 Å². The third-order valence-corrected chi connectivity index (χ3v) is 3.50. The SMILES string of the molecule is CCOC(=O)C(=O)NCCS(=O)(=O)N(C)C. The Balaban J connectivity index is 4.01. The summed E-state index contributed by atoms with van der Waals surface area (Å²) in [5.41, 5.74) is 0. The fourth-order valence-electron chi connectivity index (χ4n) is 0.745. The van der Waals surface area contributed by atoms with Gasteiger partial charge in [-0.2, -0.15) is 0 Å². The molecule has 0 aromatic rings. The molecule has 0 fully saturated rings. The fourth-order valence-corrected chi connectivity index (χ4v) is 1.47. The summed E-state index contributed by atoms with van der Waals surface area (Å²) < 4.78 is 28.0. The minimum atomic E-state index is -3.37. The Morgan fingerprint density at radius 1 is 1.31 bits per heavy atom. The molecule has 0 aliphatic rings. The van der Waals surface area contributed by atoms with Crippen LogP contribution in [0.4, 0.5) is 0 Å². The molecule has 0 spiro atoms. The van der Waals surface area contributed by atoms with Crippen LogP contribution in [0.1, 0.15) is 6.92 Å². The van der Waals surface area contributed by atoms with Crippen molar-refractivity contribution < 1.29 is 22.7 Å². The van der Waals surface area contributed by atoms with E-state index in [1.807, 2.05) is 0 Å². The van der Waals surface area contributed by atoms with Crippen molar-refractivity contribution in [3.05, 3.63) is 0 Å². The molecule has 0 saturated heterocycles. The third-order valence-electron chi connectivity index (χ3n) is 1.66. The molecule has 1 amide bonds. The van der Waals surface area contributed by atoms with Crippen LogP contribution in [0.15, 0.2) is 0 Å². The van der Waals surface area contributed by atoms with E-state index in [2.05, 4.69) is 10.1 Å². The minimum absolute atomic E-state index is 0.0995. The molecule has 8 heteroatoms. The molecule has 0 aliphatic carbocycles. The molecule has 1 N–H and O–H groups in total. The molecule has 0 atom stereocenters. The normalized spacial score (nSPS) is 11.2. The summed E-state index contributed by atoms with van der Waals surface area (Å²) in [5, 5.41) is 2.16. The second kappa shape index (κ2) is 6.44. The summed E-state index contributed by atoms with van der Waals surface area (Å²) in [6, 6.07) is 0. The van der Waals surface area contributed by atoms with Crippen LogP contribution < -0.4 is 5.32 Å². The van der Waals surface area contributed by atoms with Crippen molar-refractivity contribution in [3.8, 4) is 0 Å². The number of carbonyl (C=O) groups is 2. The average Bonchev–Trinajstić information content (AvgIpc) is 2.17. The molecule has 7 nitrogen and oxygen atoms in total. The summed E-state index contributed by atoms with van der Waals surface area (Å²) in [4.78, 5) is 21.8. The van der Waals surface area contributed by atoms with Gasteiger partial charge in [-0.3, -0.25) is 4.79 Å². The van der Waals surface area contributed by atoms with Crippen LogP contribution in [-0.4, -0.2) is 57.6 Å². The Labute approximate surface area is 94.8 Å². The highest BCUT2D eigenvalue weighted by molar-refractivity contribution is 7.89. The fraction of sp³-hybridized carbons (Fsp3) is 0.750. The molecule has 0 heterocycles. The van der Waals surface area contributed by atoms with Crippen LogP contribution in [-0.2, 0) is 24.3 Å². The highest BCUT2D eigenvalue weighted by Gasteiger charge is 2.17. The van der Waals surface area contributed by atoms with Gasteiger partial charge in [0.15, 0.2) is 0 Å². The Hall–Kier alpha value is -1.15. The van der Waals surface area contributed by atoms with E-state index in [1.165, 1.54) is 14.1 Å². The second-order valence-corrected chi connectivity index (χ2v) is 5.38. The molecular weight excluding hydrogens is 236 g/mol. The van der Waals surface area contributed by atoms with Gasteiger partial charge in [-0.15, -0.1) is 0 Å². The lowest BCUT2D eigenvalue weighted by molar-refractivity contribution is -0.154. The number of sulfonamides is 1. The number of hydrogen-bond donors (Lipinski definition) is 1. The van der Waals surface area contributed by atoms with Crippen LogP contribution in [0.3, 0.4) is 0 Å². The smallest absolute Gasteiger partial charge is 0.396 e. The topological polar surface area (TPSA) is 92.8 Å². The first-order valence-electron chi connectivity index (χ1n) is 4.66. The van der Waals surface area contributed by atoms with Crippen molar-refractivity contribution in [2.75, 3.05) is 33.0 Å². The lowest BCUT2D eigenvalue weighted by Gasteiger charge is -2.11. The van der Waals surface area contributed by atoms with Gasteiger partial charge in [0.05, 0.1) is 12.4 Å². The van der Waals surface area contributed by atoms with Gasteiger partial charge in [0, 0.05) is 20.6 Å². The summed E-state index contributed by atoms with van der Waals surface area (Å²) >= 11 is 0. The van der Waals surface area contributed by atoms with Crippen molar-refractivity contribution in [2.45, 2.75) is 6.92 Å². The molecule has 0 saturated carbocycles. The van der Waals surface area contributed by atoms with Crippen LogP contribution in [0.25, 0.3) is 0 Å². The highest BCUT2D eigenvalue weighted by Crippen LogP contribution is 1.92. The first-order valence-corrected chi connectivity index (χ1v) is 6.27. The van der Waals surface area contributed by atoms with E-state index in [1.54, 1.807) is 6.92 Å². The van der Waals surface area contributed by atoms with Crippen LogP contribution >= 0.6 is 0 Å². The summed E-state index contributed by atoms with van der Waals surface area (Å²) in [6.45, 7) is 1.54. The predicted molar refractivity (Wildman–Crippen MR) is 57.1 cm³/mol. The maximum atomic E-state index is 11.3. The van der Waals surface area contributed by atoms with Crippen molar-refractivity contribution >= 4 is 21.9 Å². The molecule has 0 unspecified atom stereocenters. The van der Waals surface area contributed by atoms with Crippen molar-refractivity contribution in [3.63, 3.8) is 0 Å². The number of carbonyl (C=O) groups excluding carboxylic acids is 2. The lowest BCUT2D eigenvalue weighted by Crippen LogP contribution is -2.37. The number of rotatable bonds is 5. The van der Waals surface area contributed by atoms with E-state index in [0.29, 0.717) is 0 Å². The Morgan fingerprint density at radius 2 is 1.88 bits per heavy atom. The molecule has 0 aliphatic heterocycles. The number of ether oxygens (including phenoxy) is 1. The molecule has 0 bridgehead atoms. The lowest BCUT2D eigenvalue weighted by atomic mass is 10.6. The predicted octanol–water partition coefficient (Wildman–Crippen LogP) is -1.44. The zero-order valence-electron chi connectivity index (χ0n) is 9.52. The minimum Gasteiger partial charge on any atom is -0.459 e. The molecule has 16 heavy (non-hydrogen) atoms. The first-order chi connectivity index (χ1) is 7.31. The number of nitrogens with one attached hydrogen (secondary N) is 1. The molecule has 94 valence electrons. The zero-order chi connectivity index (χ0) is 12.8. The maximum Gasteiger partial charge on any atom is 0.396 e. The quantitative estimate of drug-likeness (QED) is 0.477. The highest BCUT2D eigenvalue weighted by atomic mass is 32.2. The Bertz CT molecular complexity index is 349. The van der Waals surface area contributed by atoms with E-state index >= 15 is 0 Å². The standard InChI is InChI=1S/C8H16N2O5S/c1-4-15-8(12)7(11)9-5-6-16(13,14)10(2)3/h4-6H2,1-3H3,(H,9,11). The van der Waals surface area contributed by atoms with Crippen molar-refractivity contribution in [1.29, 1.82) is 0 Å². The van der Waals surface area contributed by atoms with Gasteiger partial charge in [0.25, 0.3) is 0 Å². The van der Waals surface area contributed by atoms with Gasteiger partial charge in [0.1, 0.15) is 0 Å². The zero-order valence-corrected chi connectivity index (χ0v) is 10.3. The Kier molecular flexibility index (Phi) is 5.97. The van der Waals surface area contributed by atoms with Crippen LogP contribution in [0.5, 0.6) is 0 Å². The monoisotopic (exact) mass is 252 g/mol. The third kappa shape index (κ3) is 5.08. The number of esters is 1. The van der Waals surface area contributed by atoms with Crippen molar-refractivity contribution in [2.24, 2.45) is 0 Å². The van der Waals surface area contributed by atoms with E-state index in [-0.39, 0.29) is 18.9 Å². The van der Waals surface area contributed by atoms with Gasteiger partial charge in [-0.1, -0.05) is 0 Å².